The molecule has 1 N–H and O–H groups in total. The molecule has 2 aromatic rings. The van der Waals surface area contributed by atoms with Gasteiger partial charge < -0.3 is 14.8 Å². The molecule has 0 aromatic heterocycles. The molecule has 0 atom stereocenters. The van der Waals surface area contributed by atoms with Crippen LogP contribution in [0.4, 0.5) is 10.1 Å². The summed E-state index contributed by atoms with van der Waals surface area (Å²) in [5.41, 5.74) is 1.37. The molecule has 116 valence electrons. The van der Waals surface area contributed by atoms with Gasteiger partial charge in [-0.3, -0.25) is 4.79 Å². The molecule has 1 amide bonds. The van der Waals surface area contributed by atoms with Gasteiger partial charge >= 0.3 is 0 Å². The maximum Gasteiger partial charge on any atom is 0.224 e. The fraction of sp³-hybridized carbons (Fsp3) is 0.235. The van der Waals surface area contributed by atoms with Crippen molar-refractivity contribution in [2.45, 2.75) is 12.8 Å². The van der Waals surface area contributed by atoms with E-state index in [2.05, 4.69) is 5.32 Å². The number of amides is 1. The maximum atomic E-state index is 13.6. The van der Waals surface area contributed by atoms with Gasteiger partial charge in [-0.15, -0.1) is 0 Å². The largest absolute Gasteiger partial charge is 0.495 e. The highest BCUT2D eigenvalue weighted by atomic mass is 19.1. The molecule has 0 saturated heterocycles. The van der Waals surface area contributed by atoms with Crippen LogP contribution < -0.4 is 14.8 Å². The lowest BCUT2D eigenvalue weighted by Crippen LogP contribution is -2.13. The summed E-state index contributed by atoms with van der Waals surface area (Å²) in [5.74, 6) is 0.222. The average Bonchev–Trinajstić information content (AvgIpc) is 2.53. The van der Waals surface area contributed by atoms with Gasteiger partial charge in [-0.1, -0.05) is 18.2 Å². The first-order chi connectivity index (χ1) is 10.6. The smallest absolute Gasteiger partial charge is 0.224 e. The van der Waals surface area contributed by atoms with Crippen LogP contribution in [-0.2, 0) is 11.2 Å². The van der Waals surface area contributed by atoms with Gasteiger partial charge in [0, 0.05) is 6.42 Å². The first-order valence-electron chi connectivity index (χ1n) is 6.89. The molecule has 0 radical (unpaired) electrons. The van der Waals surface area contributed by atoms with E-state index in [1.54, 1.807) is 31.4 Å². The van der Waals surface area contributed by atoms with Crippen molar-refractivity contribution in [3.05, 3.63) is 53.8 Å². The number of para-hydroxylation sites is 2. The van der Waals surface area contributed by atoms with Crippen LogP contribution in [0.25, 0.3) is 0 Å². The SMILES string of the molecule is COc1ccc(CCC(=O)Nc2ccccc2OC)cc1F. The van der Waals surface area contributed by atoms with Crippen molar-refractivity contribution in [1.29, 1.82) is 0 Å². The first-order valence-corrected chi connectivity index (χ1v) is 6.89. The fourth-order valence-corrected chi connectivity index (χ4v) is 2.08. The Morgan fingerprint density at radius 1 is 1.09 bits per heavy atom. The normalized spacial score (nSPS) is 10.1. The van der Waals surface area contributed by atoms with Crippen LogP contribution in [0.1, 0.15) is 12.0 Å². The number of ether oxygens (including phenoxy) is 2. The van der Waals surface area contributed by atoms with Crippen LogP contribution in [0.3, 0.4) is 0 Å². The molecule has 0 aliphatic rings. The van der Waals surface area contributed by atoms with E-state index in [0.29, 0.717) is 17.9 Å². The lowest BCUT2D eigenvalue weighted by molar-refractivity contribution is -0.116. The average molecular weight is 303 g/mol. The van der Waals surface area contributed by atoms with E-state index >= 15 is 0 Å². The molecule has 0 aliphatic heterocycles. The summed E-state index contributed by atoms with van der Waals surface area (Å²) in [6.45, 7) is 0. The topological polar surface area (TPSA) is 47.6 Å². The number of methoxy groups -OCH3 is 2. The van der Waals surface area contributed by atoms with Gasteiger partial charge in [-0.25, -0.2) is 4.39 Å². The fourth-order valence-electron chi connectivity index (χ4n) is 2.08. The molecule has 0 spiro atoms. The lowest BCUT2D eigenvalue weighted by atomic mass is 10.1. The third-order valence-electron chi connectivity index (χ3n) is 3.24. The molecular weight excluding hydrogens is 285 g/mol. The minimum absolute atomic E-state index is 0.152. The zero-order valence-corrected chi connectivity index (χ0v) is 12.6. The quantitative estimate of drug-likeness (QED) is 0.889. The molecule has 0 unspecified atom stereocenters. The highest BCUT2D eigenvalue weighted by Crippen LogP contribution is 2.23. The monoisotopic (exact) mass is 303 g/mol. The number of anilines is 1. The molecule has 2 rings (SSSR count). The number of aryl methyl sites for hydroxylation is 1. The van der Waals surface area contributed by atoms with Gasteiger partial charge in [0.1, 0.15) is 5.75 Å². The molecule has 0 fully saturated rings. The Hall–Kier alpha value is -2.56. The zero-order chi connectivity index (χ0) is 15.9. The molecule has 0 heterocycles. The summed E-state index contributed by atoms with van der Waals surface area (Å²) >= 11 is 0. The number of benzene rings is 2. The van der Waals surface area contributed by atoms with E-state index in [9.17, 15) is 9.18 Å². The number of nitrogens with one attached hydrogen (secondary N) is 1. The van der Waals surface area contributed by atoms with Gasteiger partial charge in [0.2, 0.25) is 5.91 Å². The third-order valence-corrected chi connectivity index (χ3v) is 3.24. The van der Waals surface area contributed by atoms with Crippen LogP contribution in [0.15, 0.2) is 42.5 Å². The van der Waals surface area contributed by atoms with Gasteiger partial charge in [-0.05, 0) is 36.2 Å². The van der Waals surface area contributed by atoms with Gasteiger partial charge in [0.25, 0.3) is 0 Å². The number of carbonyl (C=O) groups is 1. The second-order valence-electron chi connectivity index (χ2n) is 4.72. The number of hydrogen-bond donors (Lipinski definition) is 1. The summed E-state index contributed by atoms with van der Waals surface area (Å²) in [7, 11) is 2.96. The van der Waals surface area contributed by atoms with Crippen LogP contribution in [0.2, 0.25) is 0 Å². The second-order valence-corrected chi connectivity index (χ2v) is 4.72. The predicted octanol–water partition coefficient (Wildman–Crippen LogP) is 3.41. The molecule has 0 saturated carbocycles. The summed E-state index contributed by atoms with van der Waals surface area (Å²) in [5, 5.41) is 2.79. The van der Waals surface area contributed by atoms with Crippen LogP contribution in [-0.4, -0.2) is 20.1 Å². The highest BCUT2D eigenvalue weighted by Gasteiger charge is 2.08. The minimum Gasteiger partial charge on any atom is -0.495 e. The van der Waals surface area contributed by atoms with Crippen LogP contribution in [0, 0.1) is 5.82 Å². The Kier molecular flexibility index (Phi) is 5.36. The second kappa shape index (κ2) is 7.45. The van der Waals surface area contributed by atoms with E-state index < -0.39 is 5.82 Å². The van der Waals surface area contributed by atoms with E-state index in [1.807, 2.05) is 12.1 Å². The summed E-state index contributed by atoms with van der Waals surface area (Å²) in [6.07, 6.45) is 0.700. The van der Waals surface area contributed by atoms with E-state index in [1.165, 1.54) is 13.2 Å². The number of carbonyl (C=O) groups excluding carboxylic acids is 1. The van der Waals surface area contributed by atoms with Gasteiger partial charge in [0.05, 0.1) is 19.9 Å². The van der Waals surface area contributed by atoms with Gasteiger partial charge in [-0.2, -0.15) is 0 Å². The Labute approximate surface area is 128 Å². The third kappa shape index (κ3) is 3.97. The van der Waals surface area contributed by atoms with E-state index in [-0.39, 0.29) is 18.1 Å². The number of halogens is 1. The Morgan fingerprint density at radius 3 is 2.50 bits per heavy atom. The highest BCUT2D eigenvalue weighted by molar-refractivity contribution is 5.92. The lowest BCUT2D eigenvalue weighted by Gasteiger charge is -2.10. The van der Waals surface area contributed by atoms with Crippen molar-refractivity contribution in [1.82, 2.24) is 0 Å². The molecule has 22 heavy (non-hydrogen) atoms. The maximum absolute atomic E-state index is 13.6. The van der Waals surface area contributed by atoms with Gasteiger partial charge in [0.15, 0.2) is 11.6 Å². The molecular formula is C17H18FNO3. The van der Waals surface area contributed by atoms with Crippen molar-refractivity contribution >= 4 is 11.6 Å². The van der Waals surface area contributed by atoms with Crippen LogP contribution in [0.5, 0.6) is 11.5 Å². The van der Waals surface area contributed by atoms with Crippen molar-refractivity contribution in [2.24, 2.45) is 0 Å². The Bertz CT molecular complexity index is 658. The van der Waals surface area contributed by atoms with Crippen molar-refractivity contribution in [2.75, 3.05) is 19.5 Å². The minimum atomic E-state index is -0.426. The molecule has 0 aliphatic carbocycles. The Morgan fingerprint density at radius 2 is 1.82 bits per heavy atom. The molecule has 2 aromatic carbocycles. The molecule has 4 nitrogen and oxygen atoms in total. The van der Waals surface area contributed by atoms with E-state index in [0.717, 1.165) is 5.56 Å². The molecule has 0 bridgehead atoms. The van der Waals surface area contributed by atoms with Crippen molar-refractivity contribution < 1.29 is 18.7 Å². The summed E-state index contributed by atoms with van der Waals surface area (Å²) in [4.78, 5) is 12.0. The zero-order valence-electron chi connectivity index (χ0n) is 12.6. The first kappa shape index (κ1) is 15.8. The molecule has 5 heteroatoms. The van der Waals surface area contributed by atoms with Crippen molar-refractivity contribution in [3.8, 4) is 11.5 Å². The standard InChI is InChI=1S/C17H18FNO3/c1-21-15-9-7-12(11-13(15)18)8-10-17(20)19-14-5-3-4-6-16(14)22-2/h3-7,9,11H,8,10H2,1-2H3,(H,19,20). The summed E-state index contributed by atoms with van der Waals surface area (Å²) in [6, 6.07) is 11.9. The summed E-state index contributed by atoms with van der Waals surface area (Å²) < 4.78 is 23.6. The number of rotatable bonds is 6. The number of hydrogen-bond acceptors (Lipinski definition) is 3. The Balaban J connectivity index is 1.94. The predicted molar refractivity (Wildman–Crippen MR) is 82.9 cm³/mol. The van der Waals surface area contributed by atoms with Crippen LogP contribution >= 0.6 is 0 Å². The van der Waals surface area contributed by atoms with Crippen molar-refractivity contribution in [3.63, 3.8) is 0 Å². The van der Waals surface area contributed by atoms with E-state index in [4.69, 9.17) is 9.47 Å².